The highest BCUT2D eigenvalue weighted by Gasteiger charge is 2.01. The van der Waals surface area contributed by atoms with Crippen LogP contribution in [0.4, 0.5) is 0 Å². The van der Waals surface area contributed by atoms with Crippen molar-refractivity contribution in [2.45, 2.75) is 39.4 Å². The summed E-state index contributed by atoms with van der Waals surface area (Å²) in [4.78, 5) is 0. The van der Waals surface area contributed by atoms with Crippen LogP contribution in [0.2, 0.25) is 18.8 Å². The molecule has 0 rings (SSSR count). The van der Waals surface area contributed by atoms with Crippen LogP contribution in [0.5, 0.6) is 0 Å². The van der Waals surface area contributed by atoms with Gasteiger partial charge in [-0.25, -0.2) is 0 Å². The van der Waals surface area contributed by atoms with Crippen molar-refractivity contribution in [1.82, 2.24) is 0 Å². The fourth-order valence-corrected chi connectivity index (χ4v) is 0.108. The van der Waals surface area contributed by atoms with E-state index in [1.54, 1.807) is 0 Å². The predicted octanol–water partition coefficient (Wildman–Crippen LogP) is 2.54. The van der Waals surface area contributed by atoms with E-state index in [0.717, 1.165) is 0 Å². The second kappa shape index (κ2) is 4.23. The molecule has 0 bridgehead atoms. The van der Waals surface area contributed by atoms with Gasteiger partial charge in [-0.15, -0.1) is 0 Å². The minimum Gasteiger partial charge on any atom is -0.0770 e. The first-order valence-electron chi connectivity index (χ1n) is 9.12. The molecule has 0 aromatic heterocycles. The summed E-state index contributed by atoms with van der Waals surface area (Å²) in [5, 5.41) is 0. The zero-order valence-corrected chi connectivity index (χ0v) is 3.58. The van der Waals surface area contributed by atoms with E-state index in [2.05, 4.69) is 0 Å². The van der Waals surface area contributed by atoms with Gasteiger partial charge in [-0.1, -0.05) is 39.4 Å². The summed E-state index contributed by atoms with van der Waals surface area (Å²) in [6.45, 7) is -14.0. The molecule has 0 aliphatic heterocycles. The van der Waals surface area contributed by atoms with Gasteiger partial charge in [-0.05, 0) is 0 Å². The Labute approximate surface area is 68.5 Å². The van der Waals surface area contributed by atoms with Crippen molar-refractivity contribution in [2.75, 3.05) is 0 Å². The minimum absolute atomic E-state index is 3.08. The quantitative estimate of drug-likeness (QED) is 0.493. The van der Waals surface area contributed by atoms with Crippen molar-refractivity contribution in [3.8, 4) is 0 Å². The fourth-order valence-electron chi connectivity index (χ4n) is 0.108. The molecule has 0 nitrogen and oxygen atoms in total. The van der Waals surface area contributed by atoms with Crippen molar-refractivity contribution in [3.63, 3.8) is 0 Å². The highest BCUT2D eigenvalue weighted by molar-refractivity contribution is 6.58. The molecule has 7 heavy (non-hydrogen) atoms. The standard InChI is InChI=1S/C6H15B/c1-4-7(5-2)6-3/h4-6H2,1-3H3/i1D3,2D3,3D3,4D2,5D2,6D2. The summed E-state index contributed by atoms with van der Waals surface area (Å²) in [7, 11) is 0. The molecule has 0 aromatic rings. The molecule has 0 saturated heterocycles. The zero-order valence-electron chi connectivity index (χ0n) is 18.6. The lowest BCUT2D eigenvalue weighted by molar-refractivity contribution is 1.24. The van der Waals surface area contributed by atoms with E-state index in [4.69, 9.17) is 20.6 Å². The number of hydrogen-bond acceptors (Lipinski definition) is 0. The van der Waals surface area contributed by atoms with Gasteiger partial charge >= 0.3 is 0 Å². The molecular formula is C6H15B. The molecule has 0 saturated carbocycles. The summed E-state index contributed by atoms with van der Waals surface area (Å²) in [6.07, 6.45) is -11.2. The maximum atomic E-state index is 7.53. The van der Waals surface area contributed by atoms with Crippen LogP contribution in [-0.2, 0) is 0 Å². The molecule has 0 fully saturated rings. The third kappa shape index (κ3) is 2.72. The van der Waals surface area contributed by atoms with Crippen LogP contribution < -0.4 is 0 Å². The second-order valence-corrected chi connectivity index (χ2v) is 0.866. The first-order valence-corrected chi connectivity index (χ1v) is 1.62. The first-order chi connectivity index (χ1) is 9.12. The molecule has 0 unspecified atom stereocenters. The van der Waals surface area contributed by atoms with E-state index < -0.39 is 46.1 Å². The van der Waals surface area contributed by atoms with Crippen molar-refractivity contribution < 1.29 is 20.6 Å². The lowest BCUT2D eigenvalue weighted by atomic mass is 9.44. The van der Waals surface area contributed by atoms with Crippen LogP contribution in [-0.4, -0.2) is 6.71 Å². The molecule has 1 heteroatoms. The molecular weight excluding hydrogens is 82.9 g/mol. The average Bonchev–Trinajstić information content (AvgIpc) is 2.09. The monoisotopic (exact) mass is 113 g/mol. The van der Waals surface area contributed by atoms with E-state index in [9.17, 15) is 0 Å². The topological polar surface area (TPSA) is 0 Å². The van der Waals surface area contributed by atoms with E-state index >= 15 is 0 Å². The Balaban J connectivity index is 6.53. The molecule has 0 aliphatic carbocycles. The van der Waals surface area contributed by atoms with Crippen LogP contribution >= 0.6 is 0 Å². The highest BCUT2D eigenvalue weighted by Crippen LogP contribution is 2.01. The van der Waals surface area contributed by atoms with Gasteiger partial charge in [0, 0.05) is 20.6 Å². The number of rotatable bonds is 3. The summed E-state index contributed by atoms with van der Waals surface area (Å²) in [5.74, 6) is 0. The first kappa shape index (κ1) is 0.586. The lowest BCUT2D eigenvalue weighted by Crippen LogP contribution is -2.04. The van der Waals surface area contributed by atoms with E-state index in [1.807, 2.05) is 0 Å². The molecule has 0 aromatic carbocycles. The Hall–Kier alpha value is 0.0649. The zero-order chi connectivity index (χ0) is 18.6. The van der Waals surface area contributed by atoms with Crippen LogP contribution in [0.25, 0.3) is 0 Å². The van der Waals surface area contributed by atoms with E-state index in [-0.39, 0.29) is 0 Å². The van der Waals surface area contributed by atoms with Gasteiger partial charge < -0.3 is 0 Å². The van der Waals surface area contributed by atoms with Gasteiger partial charge in [-0.3, -0.25) is 0 Å². The Morgan fingerprint density at radius 2 is 1.71 bits per heavy atom. The molecule has 0 aliphatic rings. The highest BCUT2D eigenvalue weighted by atomic mass is 13.7. The summed E-state index contributed by atoms with van der Waals surface area (Å²) in [6, 6.07) is 0. The van der Waals surface area contributed by atoms with Crippen molar-refractivity contribution >= 4 is 6.71 Å². The predicted molar refractivity (Wildman–Crippen MR) is 37.2 cm³/mol. The van der Waals surface area contributed by atoms with Gasteiger partial charge in [0.1, 0.15) is 6.71 Å². The summed E-state index contributed by atoms with van der Waals surface area (Å²) in [5.41, 5.74) is 0. The Bertz CT molecular complexity index is 334. The second-order valence-electron chi connectivity index (χ2n) is 0.866. The van der Waals surface area contributed by atoms with Crippen LogP contribution in [0, 0.1) is 0 Å². The molecule has 0 spiro atoms. The van der Waals surface area contributed by atoms with Crippen molar-refractivity contribution in [1.29, 1.82) is 0 Å². The molecule has 0 amide bonds. The normalized spacial score (nSPS) is 52.3. The lowest BCUT2D eigenvalue weighted by Gasteiger charge is -2.00. The SMILES string of the molecule is [2H]C([2H])([2H])C([2H])([2H])B(C([2H])([2H])C([2H])([2H])[2H])C([2H])([2H])C([2H])([2H])[2H]. The average molecular weight is 113 g/mol. The van der Waals surface area contributed by atoms with Gasteiger partial charge in [0.2, 0.25) is 0 Å². The van der Waals surface area contributed by atoms with Crippen LogP contribution in [0.15, 0.2) is 0 Å². The largest absolute Gasteiger partial charge is 0.139 e. The Morgan fingerprint density at radius 1 is 1.29 bits per heavy atom. The molecule has 0 radical (unpaired) electrons. The molecule has 42 valence electrons. The Kier molecular flexibility index (Phi) is 0.354. The third-order valence-electron chi connectivity index (χ3n) is 0.433. The van der Waals surface area contributed by atoms with Crippen LogP contribution in [0.1, 0.15) is 41.1 Å². The molecule has 0 atom stereocenters. The molecule has 0 heterocycles. The Morgan fingerprint density at radius 3 is 2.00 bits per heavy atom. The van der Waals surface area contributed by atoms with Crippen LogP contribution in [0.3, 0.4) is 0 Å². The summed E-state index contributed by atoms with van der Waals surface area (Å²) >= 11 is 0. The van der Waals surface area contributed by atoms with Gasteiger partial charge in [-0.2, -0.15) is 0 Å². The maximum Gasteiger partial charge on any atom is 0.139 e. The fraction of sp³-hybridized carbons (Fsp3) is 1.00. The van der Waals surface area contributed by atoms with Gasteiger partial charge in [0.05, 0.1) is 0 Å². The van der Waals surface area contributed by atoms with Gasteiger partial charge in [0.25, 0.3) is 0 Å². The maximum absolute atomic E-state index is 7.53. The minimum atomic E-state index is -3.73. The van der Waals surface area contributed by atoms with Gasteiger partial charge in [0.15, 0.2) is 0 Å². The third-order valence-corrected chi connectivity index (χ3v) is 0.433. The van der Waals surface area contributed by atoms with Crippen molar-refractivity contribution in [2.24, 2.45) is 0 Å². The van der Waals surface area contributed by atoms with E-state index in [0.29, 0.717) is 0 Å². The van der Waals surface area contributed by atoms with Crippen molar-refractivity contribution in [3.05, 3.63) is 0 Å². The van der Waals surface area contributed by atoms with E-state index in [1.165, 1.54) is 0 Å². The number of hydrogen-bond donors (Lipinski definition) is 0. The molecule has 0 N–H and O–H groups in total. The summed E-state index contributed by atoms with van der Waals surface area (Å²) < 4.78 is 109. The smallest absolute Gasteiger partial charge is 0.0770 e.